The fourth-order valence-electron chi connectivity index (χ4n) is 4.23. The lowest BCUT2D eigenvalue weighted by Gasteiger charge is -2.28. The number of para-hydroxylation sites is 2. The van der Waals surface area contributed by atoms with Crippen molar-refractivity contribution in [3.63, 3.8) is 0 Å². The van der Waals surface area contributed by atoms with E-state index in [0.29, 0.717) is 5.69 Å². The summed E-state index contributed by atoms with van der Waals surface area (Å²) in [5, 5.41) is 6.86. The lowest BCUT2D eigenvalue weighted by molar-refractivity contribution is -0.0495. The van der Waals surface area contributed by atoms with Gasteiger partial charge in [0.05, 0.1) is 5.69 Å². The zero-order valence-corrected chi connectivity index (χ0v) is 18.1. The summed E-state index contributed by atoms with van der Waals surface area (Å²) in [6.45, 7) is 4.75. The monoisotopic (exact) mass is 423 g/mol. The van der Waals surface area contributed by atoms with Gasteiger partial charge in [-0.2, -0.15) is 8.78 Å². The summed E-state index contributed by atoms with van der Waals surface area (Å²) < 4.78 is 30.1. The number of likely N-dealkylation sites (tertiary alicyclic amines) is 1. The lowest BCUT2D eigenvalue weighted by Crippen LogP contribution is -2.44. The molecule has 0 aromatic heterocycles. The molecule has 8 heteroatoms. The number of ether oxygens (including phenoxy) is 1. The molecule has 2 N–H and O–H groups in total. The Kier molecular flexibility index (Phi) is 8.54. The van der Waals surface area contributed by atoms with Gasteiger partial charge in [-0.15, -0.1) is 0 Å². The van der Waals surface area contributed by atoms with Gasteiger partial charge in [-0.3, -0.25) is 4.99 Å². The van der Waals surface area contributed by atoms with Gasteiger partial charge in [0.25, 0.3) is 0 Å². The van der Waals surface area contributed by atoms with Crippen LogP contribution in [0.25, 0.3) is 0 Å². The first-order chi connectivity index (χ1) is 14.5. The summed E-state index contributed by atoms with van der Waals surface area (Å²) in [5.41, 5.74) is 0.714. The molecule has 2 fully saturated rings. The molecule has 3 rings (SSSR count). The van der Waals surface area contributed by atoms with Crippen molar-refractivity contribution in [2.45, 2.75) is 45.3 Å². The van der Waals surface area contributed by atoms with Crippen LogP contribution in [0.2, 0.25) is 0 Å². The SMILES string of the molecule is CCNC(=NCCC1CCN(C)CC1)NC1CCN(c2ccccc2OC(F)F)C1. The first kappa shape index (κ1) is 22.6. The fourth-order valence-corrected chi connectivity index (χ4v) is 4.23. The molecule has 2 aliphatic heterocycles. The fraction of sp³-hybridized carbons (Fsp3) is 0.682. The smallest absolute Gasteiger partial charge is 0.387 e. The Morgan fingerprint density at radius 2 is 1.97 bits per heavy atom. The van der Waals surface area contributed by atoms with Crippen LogP contribution in [0.3, 0.4) is 0 Å². The molecule has 0 amide bonds. The molecule has 1 aromatic rings. The minimum absolute atomic E-state index is 0.214. The van der Waals surface area contributed by atoms with Crippen molar-refractivity contribution in [2.24, 2.45) is 10.9 Å². The van der Waals surface area contributed by atoms with Gasteiger partial charge in [-0.25, -0.2) is 0 Å². The second kappa shape index (κ2) is 11.3. The molecule has 1 aromatic carbocycles. The summed E-state index contributed by atoms with van der Waals surface area (Å²) >= 11 is 0. The number of benzene rings is 1. The molecule has 168 valence electrons. The molecule has 0 saturated carbocycles. The topological polar surface area (TPSA) is 52.1 Å². The van der Waals surface area contributed by atoms with E-state index in [2.05, 4.69) is 34.4 Å². The average Bonchev–Trinajstić information content (AvgIpc) is 3.18. The van der Waals surface area contributed by atoms with Crippen LogP contribution >= 0.6 is 0 Å². The maximum atomic E-state index is 12.7. The predicted molar refractivity (Wildman–Crippen MR) is 118 cm³/mol. The largest absolute Gasteiger partial charge is 0.433 e. The second-order valence-electron chi connectivity index (χ2n) is 8.22. The number of aliphatic imine (C=N–C) groups is 1. The Balaban J connectivity index is 1.52. The van der Waals surface area contributed by atoms with Crippen LogP contribution in [0.15, 0.2) is 29.3 Å². The van der Waals surface area contributed by atoms with E-state index in [1.54, 1.807) is 12.1 Å². The molecule has 0 radical (unpaired) electrons. The van der Waals surface area contributed by atoms with E-state index < -0.39 is 6.61 Å². The van der Waals surface area contributed by atoms with E-state index in [9.17, 15) is 8.78 Å². The molecule has 30 heavy (non-hydrogen) atoms. The van der Waals surface area contributed by atoms with Crippen molar-refractivity contribution >= 4 is 11.6 Å². The van der Waals surface area contributed by atoms with Crippen LogP contribution in [0.1, 0.15) is 32.6 Å². The van der Waals surface area contributed by atoms with Crippen molar-refractivity contribution in [2.75, 3.05) is 51.2 Å². The number of hydrogen-bond acceptors (Lipinski definition) is 4. The molecule has 0 spiro atoms. The summed E-state index contributed by atoms with van der Waals surface area (Å²) in [6.07, 6.45) is 4.56. The molecule has 1 atom stereocenters. The van der Waals surface area contributed by atoms with Crippen molar-refractivity contribution < 1.29 is 13.5 Å². The number of piperidine rings is 1. The zero-order chi connectivity index (χ0) is 21.3. The number of hydrogen-bond donors (Lipinski definition) is 2. The molecule has 2 saturated heterocycles. The highest BCUT2D eigenvalue weighted by molar-refractivity contribution is 5.80. The van der Waals surface area contributed by atoms with Crippen molar-refractivity contribution in [3.05, 3.63) is 24.3 Å². The summed E-state index contributed by atoms with van der Waals surface area (Å²) in [5.74, 6) is 1.84. The number of nitrogens with zero attached hydrogens (tertiary/aromatic N) is 3. The molecular formula is C22H35F2N5O. The predicted octanol–water partition coefficient (Wildman–Crippen LogP) is 3.15. The first-order valence-corrected chi connectivity index (χ1v) is 11.1. The minimum atomic E-state index is -2.82. The van der Waals surface area contributed by atoms with Crippen LogP contribution in [-0.2, 0) is 0 Å². The van der Waals surface area contributed by atoms with Gasteiger partial charge in [0.2, 0.25) is 0 Å². The molecule has 2 heterocycles. The standard InChI is InChI=1S/C22H35F2N5O/c1-3-25-22(26-12-8-17-9-13-28(2)14-10-17)27-18-11-15-29(16-18)19-6-4-5-7-20(19)30-21(23)24/h4-7,17-18,21H,3,8-16H2,1-2H3,(H2,25,26,27). The number of halogens is 2. The van der Waals surface area contributed by atoms with Crippen LogP contribution in [0.5, 0.6) is 5.75 Å². The normalized spacial score (nSPS) is 21.3. The molecule has 2 aliphatic rings. The highest BCUT2D eigenvalue weighted by Gasteiger charge is 2.26. The van der Waals surface area contributed by atoms with Gasteiger partial charge < -0.3 is 25.2 Å². The van der Waals surface area contributed by atoms with Crippen molar-refractivity contribution in [3.8, 4) is 5.75 Å². The first-order valence-electron chi connectivity index (χ1n) is 11.1. The van der Waals surface area contributed by atoms with E-state index in [0.717, 1.165) is 50.9 Å². The van der Waals surface area contributed by atoms with E-state index in [1.807, 2.05) is 12.1 Å². The van der Waals surface area contributed by atoms with Gasteiger partial charge in [0.1, 0.15) is 5.75 Å². The Labute approximate surface area is 178 Å². The number of guanidine groups is 1. The molecular weight excluding hydrogens is 388 g/mol. The number of anilines is 1. The van der Waals surface area contributed by atoms with Crippen LogP contribution < -0.4 is 20.3 Å². The van der Waals surface area contributed by atoms with Crippen LogP contribution in [0, 0.1) is 5.92 Å². The summed E-state index contributed by atoms with van der Waals surface area (Å²) in [7, 11) is 2.18. The Hall–Kier alpha value is -2.09. The average molecular weight is 424 g/mol. The third kappa shape index (κ3) is 6.72. The van der Waals surface area contributed by atoms with Crippen LogP contribution in [-0.4, -0.2) is 69.8 Å². The van der Waals surface area contributed by atoms with Crippen molar-refractivity contribution in [1.82, 2.24) is 15.5 Å². The van der Waals surface area contributed by atoms with Gasteiger partial charge in [-0.1, -0.05) is 12.1 Å². The summed E-state index contributed by atoms with van der Waals surface area (Å²) in [4.78, 5) is 9.27. The number of rotatable bonds is 8. The number of alkyl halides is 2. The highest BCUT2D eigenvalue weighted by Crippen LogP contribution is 2.31. The third-order valence-corrected chi connectivity index (χ3v) is 5.94. The van der Waals surface area contributed by atoms with E-state index in [1.165, 1.54) is 25.9 Å². The number of nitrogens with one attached hydrogen (secondary N) is 2. The molecule has 0 bridgehead atoms. The Bertz CT molecular complexity index is 679. The highest BCUT2D eigenvalue weighted by atomic mass is 19.3. The van der Waals surface area contributed by atoms with Crippen molar-refractivity contribution in [1.29, 1.82) is 0 Å². The van der Waals surface area contributed by atoms with E-state index >= 15 is 0 Å². The molecule has 0 aliphatic carbocycles. The lowest BCUT2D eigenvalue weighted by atomic mass is 9.94. The quantitative estimate of drug-likeness (QED) is 0.497. The maximum Gasteiger partial charge on any atom is 0.387 e. The Morgan fingerprint density at radius 1 is 1.20 bits per heavy atom. The molecule has 1 unspecified atom stereocenters. The Morgan fingerprint density at radius 3 is 2.70 bits per heavy atom. The van der Waals surface area contributed by atoms with E-state index in [-0.39, 0.29) is 11.8 Å². The second-order valence-corrected chi connectivity index (χ2v) is 8.22. The van der Waals surface area contributed by atoms with Gasteiger partial charge in [-0.05, 0) is 70.8 Å². The van der Waals surface area contributed by atoms with Gasteiger partial charge in [0.15, 0.2) is 5.96 Å². The molecule has 6 nitrogen and oxygen atoms in total. The van der Waals surface area contributed by atoms with Gasteiger partial charge >= 0.3 is 6.61 Å². The third-order valence-electron chi connectivity index (χ3n) is 5.94. The zero-order valence-electron chi connectivity index (χ0n) is 18.1. The minimum Gasteiger partial charge on any atom is -0.433 e. The van der Waals surface area contributed by atoms with Gasteiger partial charge in [0, 0.05) is 32.2 Å². The maximum absolute atomic E-state index is 12.7. The van der Waals surface area contributed by atoms with E-state index in [4.69, 9.17) is 9.73 Å². The van der Waals surface area contributed by atoms with Crippen LogP contribution in [0.4, 0.5) is 14.5 Å². The summed E-state index contributed by atoms with van der Waals surface area (Å²) in [6, 6.07) is 7.21.